The minimum absolute atomic E-state index is 0.0229. The molecule has 0 bridgehead atoms. The molecule has 0 aliphatic carbocycles. The Labute approximate surface area is 140 Å². The fourth-order valence-electron chi connectivity index (χ4n) is 2.08. The summed E-state index contributed by atoms with van der Waals surface area (Å²) in [5.74, 6) is 0.770. The van der Waals surface area contributed by atoms with E-state index in [1.807, 2.05) is 24.3 Å². The first-order chi connectivity index (χ1) is 11.1. The number of carbonyl (C=O) groups excluding carboxylic acids is 1. The van der Waals surface area contributed by atoms with E-state index >= 15 is 0 Å². The minimum Gasteiger partial charge on any atom is -0.392 e. The second-order valence-electron chi connectivity index (χ2n) is 5.31. The van der Waals surface area contributed by atoms with Gasteiger partial charge in [0.25, 0.3) is 0 Å². The van der Waals surface area contributed by atoms with Crippen molar-refractivity contribution in [3.05, 3.63) is 71.0 Å². The van der Waals surface area contributed by atoms with E-state index in [9.17, 15) is 9.18 Å². The molecule has 0 atom stereocenters. The van der Waals surface area contributed by atoms with Gasteiger partial charge in [-0.15, -0.1) is 11.8 Å². The molecule has 1 N–H and O–H groups in total. The maximum Gasteiger partial charge on any atom is 0.232 e. The maximum atomic E-state index is 13.6. The summed E-state index contributed by atoms with van der Waals surface area (Å²) in [7, 11) is 1.69. The molecule has 0 heterocycles. The topological polar surface area (TPSA) is 40.5 Å². The van der Waals surface area contributed by atoms with E-state index < -0.39 is 0 Å². The van der Waals surface area contributed by atoms with Crippen molar-refractivity contribution in [2.24, 2.45) is 0 Å². The van der Waals surface area contributed by atoms with Gasteiger partial charge in [-0.25, -0.2) is 4.39 Å². The monoisotopic (exact) mass is 333 g/mol. The van der Waals surface area contributed by atoms with Crippen molar-refractivity contribution >= 4 is 17.7 Å². The summed E-state index contributed by atoms with van der Waals surface area (Å²) < 4.78 is 13.6. The smallest absolute Gasteiger partial charge is 0.232 e. The van der Waals surface area contributed by atoms with Gasteiger partial charge in [0, 0.05) is 24.9 Å². The molecule has 0 radical (unpaired) electrons. The van der Waals surface area contributed by atoms with Gasteiger partial charge in [0.15, 0.2) is 0 Å². The Morgan fingerprint density at radius 1 is 1.13 bits per heavy atom. The van der Waals surface area contributed by atoms with E-state index in [1.54, 1.807) is 30.1 Å². The second-order valence-corrected chi connectivity index (χ2v) is 6.29. The van der Waals surface area contributed by atoms with Gasteiger partial charge in [-0.3, -0.25) is 4.79 Å². The zero-order valence-corrected chi connectivity index (χ0v) is 13.9. The number of rotatable bonds is 7. The molecule has 3 nitrogen and oxygen atoms in total. The van der Waals surface area contributed by atoms with Crippen molar-refractivity contribution in [2.75, 3.05) is 12.8 Å². The first-order valence-electron chi connectivity index (χ1n) is 7.34. The van der Waals surface area contributed by atoms with Crippen molar-refractivity contribution in [1.29, 1.82) is 0 Å². The molecule has 23 heavy (non-hydrogen) atoms. The van der Waals surface area contributed by atoms with E-state index in [-0.39, 0.29) is 24.9 Å². The molecule has 5 heteroatoms. The Hall–Kier alpha value is -1.85. The van der Waals surface area contributed by atoms with Crippen LogP contribution in [0, 0.1) is 5.82 Å². The van der Waals surface area contributed by atoms with Crippen LogP contribution in [0.5, 0.6) is 0 Å². The van der Waals surface area contributed by atoms with Gasteiger partial charge >= 0.3 is 0 Å². The fraction of sp³-hybridized carbons (Fsp3) is 0.278. The maximum absolute atomic E-state index is 13.6. The molecular formula is C18H20FNO2S. The second kappa shape index (κ2) is 8.70. The number of halogens is 1. The van der Waals surface area contributed by atoms with E-state index in [0.717, 1.165) is 16.9 Å². The van der Waals surface area contributed by atoms with E-state index in [1.165, 1.54) is 17.8 Å². The molecule has 2 aromatic rings. The third-order valence-corrected chi connectivity index (χ3v) is 4.48. The molecule has 0 fully saturated rings. The normalized spacial score (nSPS) is 10.6. The summed E-state index contributed by atoms with van der Waals surface area (Å²) in [5.41, 5.74) is 2.50. The number of benzene rings is 2. The van der Waals surface area contributed by atoms with E-state index in [0.29, 0.717) is 11.3 Å². The average Bonchev–Trinajstić information content (AvgIpc) is 2.57. The molecule has 2 rings (SSSR count). The minimum atomic E-state index is -0.288. The summed E-state index contributed by atoms with van der Waals surface area (Å²) in [4.78, 5) is 13.6. The highest BCUT2D eigenvalue weighted by Crippen LogP contribution is 2.15. The molecule has 0 saturated carbocycles. The largest absolute Gasteiger partial charge is 0.392 e. The molecule has 2 aromatic carbocycles. The molecule has 0 aliphatic heterocycles. The van der Waals surface area contributed by atoms with Crippen molar-refractivity contribution in [3.8, 4) is 0 Å². The summed E-state index contributed by atoms with van der Waals surface area (Å²) in [6, 6.07) is 14.1. The highest BCUT2D eigenvalue weighted by Gasteiger charge is 2.11. The first-order valence-corrected chi connectivity index (χ1v) is 8.49. The summed E-state index contributed by atoms with van der Waals surface area (Å²) >= 11 is 1.52. The number of hydrogen-bond acceptors (Lipinski definition) is 3. The SMILES string of the molecule is CN(Cc1ccccc1F)C(=O)CSCc1ccc(CO)cc1. The predicted octanol–water partition coefficient (Wildman–Crippen LogP) is 3.21. The number of nitrogens with zero attached hydrogens (tertiary/aromatic N) is 1. The summed E-state index contributed by atoms with van der Waals surface area (Å²) in [6.07, 6.45) is 0. The van der Waals surface area contributed by atoms with E-state index in [2.05, 4.69) is 0 Å². The lowest BCUT2D eigenvalue weighted by molar-refractivity contribution is -0.127. The van der Waals surface area contributed by atoms with Gasteiger partial charge in [-0.05, 0) is 17.2 Å². The van der Waals surface area contributed by atoms with Crippen LogP contribution in [0.2, 0.25) is 0 Å². The van der Waals surface area contributed by atoms with Crippen molar-refractivity contribution in [3.63, 3.8) is 0 Å². The van der Waals surface area contributed by atoms with Crippen molar-refractivity contribution in [2.45, 2.75) is 18.9 Å². The van der Waals surface area contributed by atoms with Crippen LogP contribution < -0.4 is 0 Å². The molecular weight excluding hydrogens is 313 g/mol. The van der Waals surface area contributed by atoms with Crippen LogP contribution >= 0.6 is 11.8 Å². The molecule has 0 saturated heterocycles. The van der Waals surface area contributed by atoms with Crippen LogP contribution in [0.1, 0.15) is 16.7 Å². The Morgan fingerprint density at radius 3 is 2.43 bits per heavy atom. The quantitative estimate of drug-likeness (QED) is 0.846. The number of amides is 1. The van der Waals surface area contributed by atoms with Gasteiger partial charge in [0.05, 0.1) is 12.4 Å². The average molecular weight is 333 g/mol. The highest BCUT2D eigenvalue weighted by atomic mass is 32.2. The van der Waals surface area contributed by atoms with Crippen LogP contribution in [-0.4, -0.2) is 28.7 Å². The van der Waals surface area contributed by atoms with Crippen LogP contribution in [-0.2, 0) is 23.7 Å². The number of hydrogen-bond donors (Lipinski definition) is 1. The van der Waals surface area contributed by atoms with Crippen molar-refractivity contribution < 1.29 is 14.3 Å². The molecule has 1 amide bonds. The predicted molar refractivity (Wildman–Crippen MR) is 91.4 cm³/mol. The first kappa shape index (κ1) is 17.5. The van der Waals surface area contributed by atoms with Crippen LogP contribution in [0.15, 0.2) is 48.5 Å². The highest BCUT2D eigenvalue weighted by molar-refractivity contribution is 7.99. The van der Waals surface area contributed by atoms with Gasteiger partial charge in [-0.1, -0.05) is 42.5 Å². The van der Waals surface area contributed by atoms with Gasteiger partial charge < -0.3 is 10.0 Å². The molecule has 0 aliphatic rings. The van der Waals surface area contributed by atoms with E-state index in [4.69, 9.17) is 5.11 Å². The lowest BCUT2D eigenvalue weighted by atomic mass is 10.2. The Balaban J connectivity index is 1.78. The molecule has 0 aromatic heterocycles. The Kier molecular flexibility index (Phi) is 6.62. The molecule has 122 valence electrons. The summed E-state index contributed by atoms with van der Waals surface area (Å²) in [5, 5.41) is 9.00. The van der Waals surface area contributed by atoms with Gasteiger partial charge in [-0.2, -0.15) is 0 Å². The number of aliphatic hydroxyl groups is 1. The third kappa shape index (κ3) is 5.37. The van der Waals surface area contributed by atoms with Crippen LogP contribution in [0.4, 0.5) is 4.39 Å². The van der Waals surface area contributed by atoms with Gasteiger partial charge in [0.2, 0.25) is 5.91 Å². The third-order valence-electron chi connectivity index (χ3n) is 3.49. The van der Waals surface area contributed by atoms with Crippen LogP contribution in [0.3, 0.4) is 0 Å². The van der Waals surface area contributed by atoms with Gasteiger partial charge in [0.1, 0.15) is 5.82 Å². The zero-order chi connectivity index (χ0) is 16.7. The van der Waals surface area contributed by atoms with Crippen LogP contribution in [0.25, 0.3) is 0 Å². The fourth-order valence-corrected chi connectivity index (χ4v) is 3.00. The lowest BCUT2D eigenvalue weighted by Crippen LogP contribution is -2.28. The zero-order valence-electron chi connectivity index (χ0n) is 13.0. The lowest BCUT2D eigenvalue weighted by Gasteiger charge is -2.17. The Bertz CT molecular complexity index is 646. The molecule has 0 spiro atoms. The molecule has 0 unspecified atom stereocenters. The number of thioether (sulfide) groups is 1. The Morgan fingerprint density at radius 2 is 1.78 bits per heavy atom. The number of aliphatic hydroxyl groups excluding tert-OH is 1. The standard InChI is InChI=1S/C18H20FNO2S/c1-20(10-16-4-2-3-5-17(16)19)18(22)13-23-12-15-8-6-14(11-21)7-9-15/h2-9,21H,10-13H2,1H3. The number of carbonyl (C=O) groups is 1. The summed E-state index contributed by atoms with van der Waals surface area (Å²) in [6.45, 7) is 0.310. The van der Waals surface area contributed by atoms with Crippen molar-refractivity contribution in [1.82, 2.24) is 4.90 Å².